The molecule has 0 aromatic carbocycles. The standard InChI is InChI=1S/C13H24N2O2/c1-8(2)5-6-10(16)15-12-11(14)9-4-3-7-17-13(9)12/h8-9,11-13H,3-7,14H2,1-2H3,(H,15,16). The first-order valence-electron chi connectivity index (χ1n) is 6.76. The van der Waals surface area contributed by atoms with Gasteiger partial charge in [0, 0.05) is 25.0 Å². The average molecular weight is 240 g/mol. The van der Waals surface area contributed by atoms with Crippen molar-refractivity contribution < 1.29 is 9.53 Å². The molecular weight excluding hydrogens is 216 g/mol. The van der Waals surface area contributed by atoms with E-state index in [9.17, 15) is 4.79 Å². The van der Waals surface area contributed by atoms with Gasteiger partial charge in [0.2, 0.25) is 5.91 Å². The molecule has 0 bridgehead atoms. The van der Waals surface area contributed by atoms with Crippen LogP contribution in [0.5, 0.6) is 0 Å². The molecule has 0 radical (unpaired) electrons. The fourth-order valence-electron chi connectivity index (χ4n) is 2.80. The maximum absolute atomic E-state index is 11.7. The van der Waals surface area contributed by atoms with Gasteiger partial charge in [-0.2, -0.15) is 0 Å². The Morgan fingerprint density at radius 3 is 3.00 bits per heavy atom. The van der Waals surface area contributed by atoms with Crippen LogP contribution in [-0.4, -0.2) is 30.7 Å². The molecule has 1 aliphatic carbocycles. The predicted octanol–water partition coefficient (Wildman–Crippen LogP) is 1.04. The molecule has 1 amide bonds. The summed E-state index contributed by atoms with van der Waals surface area (Å²) in [6.07, 6.45) is 3.94. The lowest BCUT2D eigenvalue weighted by atomic mass is 9.68. The van der Waals surface area contributed by atoms with Crippen LogP contribution in [0.1, 0.15) is 39.5 Å². The summed E-state index contributed by atoms with van der Waals surface area (Å²) in [5.74, 6) is 1.14. The van der Waals surface area contributed by atoms with Crippen LogP contribution < -0.4 is 11.1 Å². The predicted molar refractivity (Wildman–Crippen MR) is 66.4 cm³/mol. The molecule has 0 spiro atoms. The minimum Gasteiger partial charge on any atom is -0.376 e. The quantitative estimate of drug-likeness (QED) is 0.772. The molecule has 1 saturated heterocycles. The molecule has 4 heteroatoms. The molecule has 1 aliphatic heterocycles. The van der Waals surface area contributed by atoms with Crippen molar-refractivity contribution in [1.82, 2.24) is 5.32 Å². The topological polar surface area (TPSA) is 64.4 Å². The van der Waals surface area contributed by atoms with E-state index in [-0.39, 0.29) is 24.1 Å². The summed E-state index contributed by atoms with van der Waals surface area (Å²) >= 11 is 0. The number of amides is 1. The Balaban J connectivity index is 1.77. The zero-order chi connectivity index (χ0) is 12.4. The largest absolute Gasteiger partial charge is 0.376 e. The molecule has 98 valence electrons. The third-order valence-corrected chi connectivity index (χ3v) is 3.95. The van der Waals surface area contributed by atoms with Crippen molar-refractivity contribution in [3.8, 4) is 0 Å². The van der Waals surface area contributed by atoms with Crippen LogP contribution in [-0.2, 0) is 9.53 Å². The minimum atomic E-state index is 0.0416. The lowest BCUT2D eigenvalue weighted by molar-refractivity contribution is -0.139. The van der Waals surface area contributed by atoms with Gasteiger partial charge in [-0.1, -0.05) is 13.8 Å². The summed E-state index contributed by atoms with van der Waals surface area (Å²) in [5, 5.41) is 3.03. The molecule has 2 aliphatic rings. The normalized spacial score (nSPS) is 36.2. The number of carbonyl (C=O) groups excluding carboxylic acids is 1. The smallest absolute Gasteiger partial charge is 0.220 e. The summed E-state index contributed by atoms with van der Waals surface area (Å²) in [4.78, 5) is 11.7. The van der Waals surface area contributed by atoms with Crippen LogP contribution in [0, 0.1) is 11.8 Å². The van der Waals surface area contributed by atoms with Crippen molar-refractivity contribution in [3.05, 3.63) is 0 Å². The van der Waals surface area contributed by atoms with Crippen molar-refractivity contribution in [2.24, 2.45) is 17.6 Å². The van der Waals surface area contributed by atoms with Gasteiger partial charge >= 0.3 is 0 Å². The summed E-state index contributed by atoms with van der Waals surface area (Å²) in [7, 11) is 0. The number of hydrogen-bond donors (Lipinski definition) is 2. The number of nitrogens with two attached hydrogens (primary N) is 1. The molecule has 1 heterocycles. The third kappa shape index (κ3) is 2.80. The van der Waals surface area contributed by atoms with Gasteiger partial charge < -0.3 is 15.8 Å². The lowest BCUT2D eigenvalue weighted by Gasteiger charge is -2.52. The number of carbonyl (C=O) groups is 1. The number of rotatable bonds is 4. The summed E-state index contributed by atoms with van der Waals surface area (Å²) in [6.45, 7) is 5.07. The second kappa shape index (κ2) is 5.36. The minimum absolute atomic E-state index is 0.0416. The van der Waals surface area contributed by atoms with Gasteiger partial charge in [0.1, 0.15) is 0 Å². The highest BCUT2D eigenvalue weighted by Gasteiger charge is 2.50. The van der Waals surface area contributed by atoms with E-state index in [1.807, 2.05) is 0 Å². The molecule has 0 aromatic rings. The number of fused-ring (bicyclic) bond motifs is 1. The Hall–Kier alpha value is -0.610. The molecule has 4 atom stereocenters. The van der Waals surface area contributed by atoms with E-state index < -0.39 is 0 Å². The Morgan fingerprint density at radius 1 is 1.53 bits per heavy atom. The Kier molecular flexibility index (Phi) is 4.05. The average Bonchev–Trinajstić information content (AvgIpc) is 2.33. The van der Waals surface area contributed by atoms with Crippen molar-refractivity contribution in [2.75, 3.05) is 6.61 Å². The van der Waals surface area contributed by atoms with Crippen molar-refractivity contribution in [2.45, 2.75) is 57.7 Å². The van der Waals surface area contributed by atoms with Crippen LogP contribution in [0.15, 0.2) is 0 Å². The zero-order valence-electron chi connectivity index (χ0n) is 10.8. The van der Waals surface area contributed by atoms with Crippen molar-refractivity contribution >= 4 is 5.91 Å². The van der Waals surface area contributed by atoms with Crippen LogP contribution in [0.4, 0.5) is 0 Å². The van der Waals surface area contributed by atoms with E-state index in [1.165, 1.54) is 0 Å². The molecule has 2 fully saturated rings. The highest BCUT2D eigenvalue weighted by atomic mass is 16.5. The van der Waals surface area contributed by atoms with Gasteiger partial charge in [-0.3, -0.25) is 4.79 Å². The SMILES string of the molecule is CC(C)CCC(=O)NC1C(N)C2CCCOC21. The molecule has 0 aromatic heterocycles. The van der Waals surface area contributed by atoms with E-state index >= 15 is 0 Å². The fourth-order valence-corrected chi connectivity index (χ4v) is 2.80. The van der Waals surface area contributed by atoms with E-state index in [1.54, 1.807) is 0 Å². The monoisotopic (exact) mass is 240 g/mol. The maximum Gasteiger partial charge on any atom is 0.220 e. The second-order valence-corrected chi connectivity index (χ2v) is 5.74. The first-order chi connectivity index (χ1) is 8.09. The highest BCUT2D eigenvalue weighted by Crippen LogP contribution is 2.36. The molecule has 4 unspecified atom stereocenters. The van der Waals surface area contributed by atoms with Crippen LogP contribution in [0.25, 0.3) is 0 Å². The van der Waals surface area contributed by atoms with Gasteiger partial charge in [0.05, 0.1) is 12.1 Å². The van der Waals surface area contributed by atoms with Crippen LogP contribution >= 0.6 is 0 Å². The van der Waals surface area contributed by atoms with E-state index in [2.05, 4.69) is 19.2 Å². The van der Waals surface area contributed by atoms with Gasteiger partial charge in [0.25, 0.3) is 0 Å². The van der Waals surface area contributed by atoms with Gasteiger partial charge in [0.15, 0.2) is 0 Å². The number of nitrogens with one attached hydrogen (secondary N) is 1. The Bertz CT molecular complexity index is 281. The third-order valence-electron chi connectivity index (χ3n) is 3.95. The van der Waals surface area contributed by atoms with E-state index in [0.29, 0.717) is 18.3 Å². The lowest BCUT2D eigenvalue weighted by Crippen LogP contribution is -2.72. The summed E-state index contributed by atoms with van der Waals surface area (Å²) < 4.78 is 5.69. The van der Waals surface area contributed by atoms with Crippen molar-refractivity contribution in [3.63, 3.8) is 0 Å². The first kappa shape index (κ1) is 12.8. The number of ether oxygens (including phenoxy) is 1. The van der Waals surface area contributed by atoms with E-state index in [4.69, 9.17) is 10.5 Å². The van der Waals surface area contributed by atoms with Gasteiger partial charge in [-0.05, 0) is 25.2 Å². The van der Waals surface area contributed by atoms with Crippen LogP contribution in [0.3, 0.4) is 0 Å². The second-order valence-electron chi connectivity index (χ2n) is 5.74. The van der Waals surface area contributed by atoms with Crippen LogP contribution in [0.2, 0.25) is 0 Å². The molecule has 4 nitrogen and oxygen atoms in total. The van der Waals surface area contributed by atoms with Crippen molar-refractivity contribution in [1.29, 1.82) is 0 Å². The number of hydrogen-bond acceptors (Lipinski definition) is 3. The Labute approximate surface area is 103 Å². The first-order valence-corrected chi connectivity index (χ1v) is 6.76. The molecule has 17 heavy (non-hydrogen) atoms. The summed E-state index contributed by atoms with van der Waals surface area (Å²) in [6, 6.07) is 0.128. The maximum atomic E-state index is 11.7. The molecular formula is C13H24N2O2. The molecule has 3 N–H and O–H groups in total. The highest BCUT2D eigenvalue weighted by molar-refractivity contribution is 5.76. The fraction of sp³-hybridized carbons (Fsp3) is 0.923. The molecule has 2 rings (SSSR count). The van der Waals surface area contributed by atoms with Gasteiger partial charge in [-0.25, -0.2) is 0 Å². The Morgan fingerprint density at radius 2 is 2.29 bits per heavy atom. The zero-order valence-corrected chi connectivity index (χ0v) is 10.8. The summed E-state index contributed by atoms with van der Waals surface area (Å²) in [5.41, 5.74) is 6.09. The van der Waals surface area contributed by atoms with E-state index in [0.717, 1.165) is 25.9 Å². The van der Waals surface area contributed by atoms with Gasteiger partial charge in [-0.15, -0.1) is 0 Å². The molecule has 1 saturated carbocycles.